The summed E-state index contributed by atoms with van der Waals surface area (Å²) in [5.41, 5.74) is -0.239. The van der Waals surface area contributed by atoms with Gasteiger partial charge in [0.2, 0.25) is 0 Å². The van der Waals surface area contributed by atoms with E-state index >= 15 is 0 Å². The Morgan fingerprint density at radius 2 is 2.30 bits per heavy atom. The van der Waals surface area contributed by atoms with Crippen LogP contribution >= 0.6 is 0 Å². The van der Waals surface area contributed by atoms with E-state index in [1.54, 1.807) is 0 Å². The lowest BCUT2D eigenvalue weighted by atomic mass is 9.82. The molecule has 3 nitrogen and oxygen atoms in total. The largest absolute Gasteiger partial charge is 0.484 e. The number of hydrogen-bond acceptors (Lipinski definition) is 2. The Balaban J connectivity index is 1.90. The lowest BCUT2D eigenvalue weighted by Crippen LogP contribution is -2.41. The maximum atomic E-state index is 13.9. The van der Waals surface area contributed by atoms with E-state index < -0.39 is 11.8 Å². The van der Waals surface area contributed by atoms with Crippen LogP contribution in [0.15, 0.2) is 18.2 Å². The van der Waals surface area contributed by atoms with E-state index in [0.29, 0.717) is 11.8 Å². The first-order valence-corrected chi connectivity index (χ1v) is 7.26. The predicted octanol–water partition coefficient (Wildman–Crippen LogP) is 3.87. The van der Waals surface area contributed by atoms with E-state index in [2.05, 4.69) is 6.92 Å². The fourth-order valence-corrected chi connectivity index (χ4v) is 3.96. The van der Waals surface area contributed by atoms with Crippen LogP contribution in [0.5, 0.6) is 5.75 Å². The molecule has 2 aliphatic rings. The fourth-order valence-electron chi connectivity index (χ4n) is 3.96. The highest BCUT2D eigenvalue weighted by Crippen LogP contribution is 2.54. The third-order valence-corrected chi connectivity index (χ3v) is 5.01. The number of carboxylic acids is 1. The molecular formula is C16H19FO3. The van der Waals surface area contributed by atoms with Crippen LogP contribution in [0.1, 0.15) is 49.4 Å². The van der Waals surface area contributed by atoms with E-state index in [1.807, 2.05) is 0 Å². The highest BCUT2D eigenvalue weighted by Gasteiger charge is 2.52. The molecule has 0 saturated heterocycles. The second-order valence-corrected chi connectivity index (χ2v) is 6.05. The zero-order valence-electron chi connectivity index (χ0n) is 11.6. The number of carboxylic acid groups (broad SMARTS) is 1. The van der Waals surface area contributed by atoms with E-state index in [-0.39, 0.29) is 16.9 Å². The van der Waals surface area contributed by atoms with Crippen molar-refractivity contribution < 1.29 is 19.0 Å². The Bertz CT molecular complexity index is 543. The highest BCUT2D eigenvalue weighted by molar-refractivity contribution is 5.88. The predicted molar refractivity (Wildman–Crippen MR) is 72.5 cm³/mol. The molecule has 2 saturated carbocycles. The number of halogens is 1. The van der Waals surface area contributed by atoms with Crippen LogP contribution < -0.4 is 4.74 Å². The number of fused-ring (bicyclic) bond motifs is 2. The van der Waals surface area contributed by atoms with E-state index in [1.165, 1.54) is 24.6 Å². The van der Waals surface area contributed by atoms with Gasteiger partial charge in [-0.2, -0.15) is 0 Å². The zero-order valence-corrected chi connectivity index (χ0v) is 11.6. The molecule has 0 aliphatic heterocycles. The number of aromatic carboxylic acids is 1. The average molecular weight is 278 g/mol. The molecule has 1 aromatic rings. The van der Waals surface area contributed by atoms with Crippen LogP contribution in [0.3, 0.4) is 0 Å². The molecule has 3 atom stereocenters. The maximum absolute atomic E-state index is 13.9. The standard InChI is InChI=1S/C16H19FO3/c1-2-16(9-10-3-5-12(16)7-10)20-14-8-11(15(18)19)4-6-13(14)17/h4,6,8,10,12H,2-3,5,7,9H2,1H3,(H,18,19). The van der Waals surface area contributed by atoms with Crippen molar-refractivity contribution in [3.05, 3.63) is 29.6 Å². The van der Waals surface area contributed by atoms with Crippen LogP contribution in [0.2, 0.25) is 0 Å². The molecule has 4 heteroatoms. The lowest BCUT2D eigenvalue weighted by Gasteiger charge is -2.37. The summed E-state index contributed by atoms with van der Waals surface area (Å²) in [5, 5.41) is 9.01. The summed E-state index contributed by atoms with van der Waals surface area (Å²) in [5.74, 6) is -0.297. The molecular weight excluding hydrogens is 259 g/mol. The summed E-state index contributed by atoms with van der Waals surface area (Å²) >= 11 is 0. The van der Waals surface area contributed by atoms with Gasteiger partial charge in [0.1, 0.15) is 5.60 Å². The van der Waals surface area contributed by atoms with Gasteiger partial charge in [-0.05, 0) is 62.1 Å². The summed E-state index contributed by atoms with van der Waals surface area (Å²) in [6, 6.07) is 3.75. The molecule has 1 aromatic carbocycles. The first-order chi connectivity index (χ1) is 9.54. The fraction of sp³-hybridized carbons (Fsp3) is 0.562. The van der Waals surface area contributed by atoms with Gasteiger partial charge in [-0.1, -0.05) is 6.92 Å². The summed E-state index contributed by atoms with van der Waals surface area (Å²) < 4.78 is 19.9. The number of hydrogen-bond donors (Lipinski definition) is 1. The smallest absolute Gasteiger partial charge is 0.335 e. The van der Waals surface area contributed by atoms with E-state index in [0.717, 1.165) is 25.7 Å². The summed E-state index contributed by atoms with van der Waals surface area (Å²) in [6.45, 7) is 2.07. The quantitative estimate of drug-likeness (QED) is 0.909. The first-order valence-electron chi connectivity index (χ1n) is 7.26. The monoisotopic (exact) mass is 278 g/mol. The Hall–Kier alpha value is -1.58. The Labute approximate surface area is 117 Å². The molecule has 0 radical (unpaired) electrons. The number of rotatable bonds is 4. The minimum absolute atomic E-state index is 0.0656. The van der Waals surface area contributed by atoms with Crippen molar-refractivity contribution in [3.63, 3.8) is 0 Å². The third-order valence-electron chi connectivity index (χ3n) is 5.01. The van der Waals surface area contributed by atoms with Crippen molar-refractivity contribution in [3.8, 4) is 5.75 Å². The molecule has 0 heterocycles. The topological polar surface area (TPSA) is 46.5 Å². The average Bonchev–Trinajstić information content (AvgIpc) is 3.02. The van der Waals surface area contributed by atoms with Crippen LogP contribution in [0, 0.1) is 17.7 Å². The molecule has 0 spiro atoms. The van der Waals surface area contributed by atoms with Gasteiger partial charge in [-0.15, -0.1) is 0 Å². The number of ether oxygens (including phenoxy) is 1. The van der Waals surface area contributed by atoms with Crippen LogP contribution in [0.25, 0.3) is 0 Å². The Morgan fingerprint density at radius 1 is 1.50 bits per heavy atom. The molecule has 2 bridgehead atoms. The Kier molecular flexibility index (Phi) is 3.19. The number of benzene rings is 1. The molecule has 20 heavy (non-hydrogen) atoms. The van der Waals surface area contributed by atoms with E-state index in [4.69, 9.17) is 9.84 Å². The van der Waals surface area contributed by atoms with Crippen molar-refractivity contribution in [1.29, 1.82) is 0 Å². The van der Waals surface area contributed by atoms with E-state index in [9.17, 15) is 9.18 Å². The SMILES string of the molecule is CCC1(Oc2cc(C(=O)O)ccc2F)CC2CCC1C2. The van der Waals surface area contributed by atoms with Gasteiger partial charge in [-0.3, -0.25) is 0 Å². The summed E-state index contributed by atoms with van der Waals surface area (Å²) in [4.78, 5) is 11.0. The van der Waals surface area contributed by atoms with Gasteiger partial charge in [0.25, 0.3) is 0 Å². The third kappa shape index (κ3) is 2.07. The molecule has 1 N–H and O–H groups in total. The number of carbonyl (C=O) groups is 1. The second kappa shape index (κ2) is 4.76. The molecule has 2 fully saturated rings. The van der Waals surface area contributed by atoms with Crippen molar-refractivity contribution in [2.45, 2.75) is 44.6 Å². The normalized spacial score (nSPS) is 31.5. The van der Waals surface area contributed by atoms with Gasteiger partial charge < -0.3 is 9.84 Å². The van der Waals surface area contributed by atoms with Crippen molar-refractivity contribution in [2.75, 3.05) is 0 Å². The Morgan fingerprint density at radius 3 is 2.85 bits per heavy atom. The van der Waals surface area contributed by atoms with Crippen LogP contribution in [-0.4, -0.2) is 16.7 Å². The molecule has 0 aromatic heterocycles. The highest BCUT2D eigenvalue weighted by atomic mass is 19.1. The molecule has 2 aliphatic carbocycles. The molecule has 0 amide bonds. The zero-order chi connectivity index (χ0) is 14.3. The molecule has 108 valence electrons. The minimum atomic E-state index is -1.06. The maximum Gasteiger partial charge on any atom is 0.335 e. The molecule has 3 unspecified atom stereocenters. The van der Waals surface area contributed by atoms with Crippen LogP contribution in [-0.2, 0) is 0 Å². The van der Waals surface area contributed by atoms with Gasteiger partial charge in [0.15, 0.2) is 11.6 Å². The van der Waals surface area contributed by atoms with Gasteiger partial charge >= 0.3 is 5.97 Å². The lowest BCUT2D eigenvalue weighted by molar-refractivity contribution is 0.00604. The van der Waals surface area contributed by atoms with Crippen LogP contribution in [0.4, 0.5) is 4.39 Å². The van der Waals surface area contributed by atoms with Gasteiger partial charge in [0.05, 0.1) is 5.56 Å². The summed E-state index contributed by atoms with van der Waals surface area (Å²) in [6.07, 6.45) is 5.34. The van der Waals surface area contributed by atoms with Gasteiger partial charge in [-0.25, -0.2) is 9.18 Å². The second-order valence-electron chi connectivity index (χ2n) is 6.05. The van der Waals surface area contributed by atoms with Crippen molar-refractivity contribution in [1.82, 2.24) is 0 Å². The van der Waals surface area contributed by atoms with Gasteiger partial charge in [0, 0.05) is 0 Å². The first kappa shape index (κ1) is 13.4. The van der Waals surface area contributed by atoms with Crippen molar-refractivity contribution in [2.24, 2.45) is 11.8 Å². The van der Waals surface area contributed by atoms with Crippen molar-refractivity contribution >= 4 is 5.97 Å². The summed E-state index contributed by atoms with van der Waals surface area (Å²) in [7, 11) is 0. The molecule has 3 rings (SSSR count). The minimum Gasteiger partial charge on any atom is -0.484 e.